The fourth-order valence-electron chi connectivity index (χ4n) is 0.943. The zero-order valence-corrected chi connectivity index (χ0v) is 8.01. The van der Waals surface area contributed by atoms with Crippen molar-refractivity contribution in [1.82, 2.24) is 0 Å². The average molecular weight is 196 g/mol. The van der Waals surface area contributed by atoms with Crippen molar-refractivity contribution in [1.29, 1.82) is 5.26 Å². The van der Waals surface area contributed by atoms with Crippen LogP contribution in [-0.4, -0.2) is 6.54 Å². The lowest BCUT2D eigenvalue weighted by atomic mass is 10.1. The summed E-state index contributed by atoms with van der Waals surface area (Å²) >= 11 is 0. The minimum atomic E-state index is 0.389. The summed E-state index contributed by atoms with van der Waals surface area (Å²) in [6, 6.07) is 9.06. The molecule has 0 aliphatic carbocycles. The largest absolute Gasteiger partial charge is 0.192 e. The van der Waals surface area contributed by atoms with Crippen LogP contribution in [0.15, 0.2) is 29.4 Å². The van der Waals surface area contributed by atoms with Gasteiger partial charge in [0, 0.05) is 23.4 Å². The Morgan fingerprint density at radius 2 is 1.93 bits per heavy atom. The second-order valence-corrected chi connectivity index (χ2v) is 2.70. The Balaban J connectivity index is 2.57. The van der Waals surface area contributed by atoms with Crippen LogP contribution in [0.5, 0.6) is 0 Å². The Labute approximate surface area is 87.8 Å². The lowest BCUT2D eigenvalue weighted by molar-refractivity contribution is 1.01. The second kappa shape index (κ2) is 6.10. The van der Waals surface area contributed by atoms with Gasteiger partial charge in [0.2, 0.25) is 0 Å². The second-order valence-electron chi connectivity index (χ2n) is 2.70. The predicted octanol–water partition coefficient (Wildman–Crippen LogP) is 2.61. The first kappa shape index (κ1) is 10.7. The molecule has 4 heteroatoms. The van der Waals surface area contributed by atoms with Crippen molar-refractivity contribution < 1.29 is 0 Å². The molecule has 72 valence electrons. The Kier molecular flexibility index (Phi) is 4.33. The van der Waals surface area contributed by atoms with Gasteiger partial charge in [-0.1, -0.05) is 17.0 Å². The summed E-state index contributed by atoms with van der Waals surface area (Å²) < 4.78 is 0. The number of nitrogens with zero attached hydrogens (tertiary/aromatic N) is 4. The number of hydrogen-bond donors (Lipinski definition) is 0. The van der Waals surface area contributed by atoms with E-state index in [-0.39, 0.29) is 0 Å². The van der Waals surface area contributed by atoms with Crippen LogP contribution in [0.4, 0.5) is 0 Å². The Hall–Kier alpha value is -2.42. The lowest BCUT2D eigenvalue weighted by Crippen LogP contribution is -1.77. The van der Waals surface area contributed by atoms with Crippen LogP contribution >= 0.6 is 0 Å². The Morgan fingerprint density at radius 1 is 1.27 bits per heavy atom. The zero-order chi connectivity index (χ0) is 10.9. The first-order chi connectivity index (χ1) is 7.36. The maximum Gasteiger partial charge on any atom is 0.0991 e. The SMILES string of the molecule is N#Cc1ccc(C#CCCN=[N+]=[N-])cc1. The van der Waals surface area contributed by atoms with E-state index in [1.165, 1.54) is 0 Å². The van der Waals surface area contributed by atoms with Gasteiger partial charge >= 0.3 is 0 Å². The molecule has 1 aromatic carbocycles. The quantitative estimate of drug-likeness (QED) is 0.235. The standard InChI is InChI=1S/C11H8N4/c12-9-11-6-4-10(5-7-11)3-1-2-8-14-15-13/h4-7H,2,8H2. The molecule has 0 unspecified atom stereocenters. The first-order valence-corrected chi connectivity index (χ1v) is 4.36. The summed E-state index contributed by atoms with van der Waals surface area (Å²) in [5, 5.41) is 11.9. The van der Waals surface area contributed by atoms with E-state index in [0.29, 0.717) is 18.5 Å². The van der Waals surface area contributed by atoms with Crippen molar-refractivity contribution in [3.05, 3.63) is 45.8 Å². The van der Waals surface area contributed by atoms with Crippen LogP contribution in [0.2, 0.25) is 0 Å². The van der Waals surface area contributed by atoms with Gasteiger partial charge in [-0.15, -0.1) is 0 Å². The molecule has 0 saturated heterocycles. The Bertz CT molecular complexity index is 464. The van der Waals surface area contributed by atoms with E-state index >= 15 is 0 Å². The van der Waals surface area contributed by atoms with Crippen LogP contribution in [0.1, 0.15) is 17.5 Å². The molecule has 0 radical (unpaired) electrons. The van der Waals surface area contributed by atoms with Gasteiger partial charge in [-0.05, 0) is 29.8 Å². The van der Waals surface area contributed by atoms with Crippen molar-refractivity contribution in [2.45, 2.75) is 6.42 Å². The summed E-state index contributed by atoms with van der Waals surface area (Å²) in [6.07, 6.45) is 0.546. The molecule has 4 nitrogen and oxygen atoms in total. The van der Waals surface area contributed by atoms with E-state index < -0.39 is 0 Å². The van der Waals surface area contributed by atoms with Gasteiger partial charge in [-0.2, -0.15) is 5.26 Å². The number of rotatable bonds is 2. The minimum absolute atomic E-state index is 0.389. The van der Waals surface area contributed by atoms with E-state index in [9.17, 15) is 0 Å². The number of nitriles is 1. The van der Waals surface area contributed by atoms with Crippen LogP contribution < -0.4 is 0 Å². The third kappa shape index (κ3) is 3.87. The van der Waals surface area contributed by atoms with Crippen molar-refractivity contribution in [2.24, 2.45) is 5.11 Å². The maximum absolute atomic E-state index is 8.57. The molecule has 0 aliphatic heterocycles. The monoisotopic (exact) mass is 196 g/mol. The van der Waals surface area contributed by atoms with Gasteiger partial charge in [0.1, 0.15) is 0 Å². The first-order valence-electron chi connectivity index (χ1n) is 4.36. The van der Waals surface area contributed by atoms with E-state index in [1.54, 1.807) is 24.3 Å². The predicted molar refractivity (Wildman–Crippen MR) is 56.7 cm³/mol. The van der Waals surface area contributed by atoms with E-state index in [2.05, 4.69) is 21.9 Å². The zero-order valence-electron chi connectivity index (χ0n) is 8.01. The average Bonchev–Trinajstić information content (AvgIpc) is 2.30. The van der Waals surface area contributed by atoms with Crippen LogP contribution in [0.25, 0.3) is 10.4 Å². The van der Waals surface area contributed by atoms with E-state index in [0.717, 1.165) is 5.56 Å². The maximum atomic E-state index is 8.57. The van der Waals surface area contributed by atoms with Gasteiger partial charge in [0.05, 0.1) is 11.6 Å². The molecular formula is C11H8N4. The van der Waals surface area contributed by atoms with E-state index in [4.69, 9.17) is 10.8 Å². The normalized spacial score (nSPS) is 7.93. The highest BCUT2D eigenvalue weighted by Crippen LogP contribution is 2.01. The van der Waals surface area contributed by atoms with Gasteiger partial charge in [-0.3, -0.25) is 0 Å². The van der Waals surface area contributed by atoms with Crippen LogP contribution in [0, 0.1) is 23.2 Å². The van der Waals surface area contributed by atoms with Gasteiger partial charge in [0.15, 0.2) is 0 Å². The lowest BCUT2D eigenvalue weighted by Gasteiger charge is -1.89. The highest BCUT2D eigenvalue weighted by Gasteiger charge is 1.88. The molecule has 0 N–H and O–H groups in total. The molecule has 1 aromatic rings. The highest BCUT2D eigenvalue weighted by molar-refractivity contribution is 5.39. The molecule has 0 atom stereocenters. The van der Waals surface area contributed by atoms with Crippen molar-refractivity contribution >= 4 is 0 Å². The third-order valence-corrected chi connectivity index (χ3v) is 1.65. The minimum Gasteiger partial charge on any atom is -0.192 e. The fourth-order valence-corrected chi connectivity index (χ4v) is 0.943. The third-order valence-electron chi connectivity index (χ3n) is 1.65. The molecule has 0 bridgehead atoms. The van der Waals surface area contributed by atoms with Gasteiger partial charge < -0.3 is 0 Å². The molecule has 0 aliphatic rings. The van der Waals surface area contributed by atoms with E-state index in [1.807, 2.05) is 6.07 Å². The topological polar surface area (TPSA) is 72.5 Å². The summed E-state index contributed by atoms with van der Waals surface area (Å²) in [4.78, 5) is 2.62. The molecule has 0 fully saturated rings. The molecule has 0 amide bonds. The number of hydrogen-bond acceptors (Lipinski definition) is 2. The number of azide groups is 1. The van der Waals surface area contributed by atoms with Crippen molar-refractivity contribution in [3.8, 4) is 17.9 Å². The summed E-state index contributed by atoms with van der Waals surface area (Å²) in [5.74, 6) is 5.79. The highest BCUT2D eigenvalue weighted by atomic mass is 15.1. The fraction of sp³-hybridized carbons (Fsp3) is 0.182. The molecule has 0 saturated carbocycles. The van der Waals surface area contributed by atoms with Crippen molar-refractivity contribution in [3.63, 3.8) is 0 Å². The summed E-state index contributed by atoms with van der Waals surface area (Å²) in [6.45, 7) is 0.389. The smallest absolute Gasteiger partial charge is 0.0991 e. The molecule has 1 rings (SSSR count). The van der Waals surface area contributed by atoms with Gasteiger partial charge in [-0.25, -0.2) is 0 Å². The van der Waals surface area contributed by atoms with Crippen molar-refractivity contribution in [2.75, 3.05) is 6.54 Å². The molecule has 0 spiro atoms. The summed E-state index contributed by atoms with van der Waals surface area (Å²) in [5.41, 5.74) is 9.50. The molecule has 0 aromatic heterocycles. The molecule has 15 heavy (non-hydrogen) atoms. The van der Waals surface area contributed by atoms with Crippen LogP contribution in [-0.2, 0) is 0 Å². The van der Waals surface area contributed by atoms with Gasteiger partial charge in [0.25, 0.3) is 0 Å². The molecule has 0 heterocycles. The Morgan fingerprint density at radius 3 is 2.53 bits per heavy atom. The molecular weight excluding hydrogens is 188 g/mol. The number of benzene rings is 1. The summed E-state index contributed by atoms with van der Waals surface area (Å²) in [7, 11) is 0. The van der Waals surface area contributed by atoms with Crippen LogP contribution in [0.3, 0.4) is 0 Å².